The molecule has 0 spiro atoms. The van der Waals surface area contributed by atoms with Gasteiger partial charge in [-0.05, 0) is 25.0 Å². The van der Waals surface area contributed by atoms with E-state index < -0.39 is 7.37 Å². The van der Waals surface area contributed by atoms with E-state index in [0.29, 0.717) is 10.8 Å². The van der Waals surface area contributed by atoms with Crippen LogP contribution >= 0.6 is 19.0 Å². The Bertz CT molecular complexity index is 446. The van der Waals surface area contributed by atoms with Crippen LogP contribution in [0.4, 0.5) is 0 Å². The molecule has 2 nitrogen and oxygen atoms in total. The zero-order valence-electron chi connectivity index (χ0n) is 12.9. The molecule has 0 amide bonds. The molecule has 0 aliphatic heterocycles. The molecule has 2 atom stereocenters. The van der Waals surface area contributed by atoms with Gasteiger partial charge in [-0.3, -0.25) is 4.57 Å². The minimum atomic E-state index is -2.77. The third kappa shape index (κ3) is 4.27. The van der Waals surface area contributed by atoms with Crippen LogP contribution in [0.2, 0.25) is 5.02 Å². The predicted molar refractivity (Wildman–Crippen MR) is 88.4 cm³/mol. The first kappa shape index (κ1) is 17.6. The lowest BCUT2D eigenvalue weighted by Crippen LogP contribution is -2.18. The van der Waals surface area contributed by atoms with Crippen LogP contribution in [0.1, 0.15) is 53.4 Å². The van der Waals surface area contributed by atoms with Gasteiger partial charge in [-0.2, -0.15) is 0 Å². The van der Waals surface area contributed by atoms with E-state index in [4.69, 9.17) is 16.1 Å². The molecule has 0 heterocycles. The van der Waals surface area contributed by atoms with Gasteiger partial charge in [0.2, 0.25) is 0 Å². The molecule has 2 unspecified atom stereocenters. The third-order valence-electron chi connectivity index (χ3n) is 3.72. The first-order valence-corrected chi connectivity index (χ1v) is 9.63. The summed E-state index contributed by atoms with van der Waals surface area (Å²) in [6.07, 6.45) is 3.84. The molecule has 0 aliphatic carbocycles. The number of hydrogen-bond acceptors (Lipinski definition) is 2. The summed E-state index contributed by atoms with van der Waals surface area (Å²) in [5.74, 6) is 0.545. The van der Waals surface area contributed by atoms with E-state index in [0.717, 1.165) is 25.7 Å². The zero-order chi connectivity index (χ0) is 15.2. The Kier molecular flexibility index (Phi) is 7.12. The zero-order valence-corrected chi connectivity index (χ0v) is 14.6. The van der Waals surface area contributed by atoms with Gasteiger partial charge in [0, 0.05) is 11.3 Å². The molecule has 0 saturated heterocycles. The Morgan fingerprint density at radius 1 is 1.10 bits per heavy atom. The lowest BCUT2D eigenvalue weighted by molar-refractivity contribution is 0.448. The SMILES string of the molecule is CCCC(C)P(=O)(Oc1ccccc1Cl)C(C)CCC. The predicted octanol–water partition coefficient (Wildman–Crippen LogP) is 6.37. The van der Waals surface area contributed by atoms with Gasteiger partial charge >= 0.3 is 0 Å². The van der Waals surface area contributed by atoms with Crippen molar-refractivity contribution in [3.05, 3.63) is 29.3 Å². The fourth-order valence-corrected chi connectivity index (χ4v) is 5.64. The number of halogens is 1. The molecule has 114 valence electrons. The van der Waals surface area contributed by atoms with Crippen LogP contribution in [0.5, 0.6) is 5.75 Å². The highest BCUT2D eigenvalue weighted by molar-refractivity contribution is 7.60. The quantitative estimate of drug-likeness (QED) is 0.520. The van der Waals surface area contributed by atoms with Gasteiger partial charge in [-0.1, -0.05) is 64.3 Å². The summed E-state index contributed by atoms with van der Waals surface area (Å²) in [5, 5.41) is 0.528. The van der Waals surface area contributed by atoms with Gasteiger partial charge in [0.05, 0.1) is 5.02 Å². The van der Waals surface area contributed by atoms with Crippen molar-refractivity contribution >= 4 is 19.0 Å². The summed E-state index contributed by atoms with van der Waals surface area (Å²) >= 11 is 6.15. The molecule has 0 fully saturated rings. The average Bonchev–Trinajstić information content (AvgIpc) is 2.41. The maximum Gasteiger partial charge on any atom is 0.253 e. The molecule has 0 saturated carbocycles. The maximum absolute atomic E-state index is 13.4. The molecule has 20 heavy (non-hydrogen) atoms. The first-order chi connectivity index (χ1) is 9.45. The fraction of sp³-hybridized carbons (Fsp3) is 0.625. The fourth-order valence-electron chi connectivity index (χ4n) is 2.48. The van der Waals surface area contributed by atoms with Gasteiger partial charge in [-0.15, -0.1) is 0 Å². The first-order valence-electron chi connectivity index (χ1n) is 7.49. The number of para-hydroxylation sites is 1. The molecular weight excluding hydrogens is 291 g/mol. The topological polar surface area (TPSA) is 26.3 Å². The van der Waals surface area contributed by atoms with Crippen molar-refractivity contribution in [3.8, 4) is 5.75 Å². The number of rotatable bonds is 8. The van der Waals surface area contributed by atoms with E-state index in [1.165, 1.54) is 0 Å². The van der Waals surface area contributed by atoms with Gasteiger partial charge in [0.1, 0.15) is 5.75 Å². The van der Waals surface area contributed by atoms with E-state index in [1.54, 1.807) is 12.1 Å². The Balaban J connectivity index is 3.05. The lowest BCUT2D eigenvalue weighted by Gasteiger charge is -2.30. The largest absolute Gasteiger partial charge is 0.441 e. The van der Waals surface area contributed by atoms with E-state index in [1.807, 2.05) is 26.0 Å². The molecule has 1 aromatic rings. The van der Waals surface area contributed by atoms with Gasteiger partial charge in [0.15, 0.2) is 0 Å². The van der Waals surface area contributed by atoms with Crippen LogP contribution in [0.15, 0.2) is 24.3 Å². The highest BCUT2D eigenvalue weighted by Gasteiger charge is 2.37. The maximum atomic E-state index is 13.4. The van der Waals surface area contributed by atoms with Crippen molar-refractivity contribution in [2.45, 2.75) is 64.7 Å². The van der Waals surface area contributed by atoms with E-state index in [2.05, 4.69) is 13.8 Å². The highest BCUT2D eigenvalue weighted by Crippen LogP contribution is 2.59. The minimum absolute atomic E-state index is 0.0605. The van der Waals surface area contributed by atoms with E-state index in [9.17, 15) is 4.57 Å². The summed E-state index contributed by atoms with van der Waals surface area (Å²) in [5.41, 5.74) is 0.121. The summed E-state index contributed by atoms with van der Waals surface area (Å²) in [7, 11) is -2.77. The highest BCUT2D eigenvalue weighted by atomic mass is 35.5. The molecule has 0 radical (unpaired) electrons. The number of benzene rings is 1. The Morgan fingerprint density at radius 3 is 2.05 bits per heavy atom. The molecular formula is C16H26ClO2P. The number of hydrogen-bond donors (Lipinski definition) is 0. The monoisotopic (exact) mass is 316 g/mol. The smallest absolute Gasteiger partial charge is 0.253 e. The van der Waals surface area contributed by atoms with Crippen molar-refractivity contribution in [2.24, 2.45) is 0 Å². The Morgan fingerprint density at radius 2 is 1.60 bits per heavy atom. The second-order valence-corrected chi connectivity index (χ2v) is 9.09. The second-order valence-electron chi connectivity index (χ2n) is 5.44. The average molecular weight is 317 g/mol. The van der Waals surface area contributed by atoms with Crippen molar-refractivity contribution in [3.63, 3.8) is 0 Å². The third-order valence-corrected chi connectivity index (χ3v) is 7.49. The van der Waals surface area contributed by atoms with Crippen LogP contribution in [-0.4, -0.2) is 11.3 Å². The Hall–Kier alpha value is -0.460. The molecule has 1 rings (SSSR count). The summed E-state index contributed by atoms with van der Waals surface area (Å²) in [6.45, 7) is 8.29. The second kappa shape index (κ2) is 8.10. The molecule has 0 N–H and O–H groups in total. The van der Waals surface area contributed by atoms with Crippen LogP contribution in [0.25, 0.3) is 0 Å². The summed E-state index contributed by atoms with van der Waals surface area (Å²) in [6, 6.07) is 7.29. The van der Waals surface area contributed by atoms with Crippen LogP contribution in [0.3, 0.4) is 0 Å². The molecule has 0 bridgehead atoms. The molecule has 0 aromatic heterocycles. The molecule has 0 aliphatic rings. The minimum Gasteiger partial charge on any atom is -0.441 e. The van der Waals surface area contributed by atoms with Crippen molar-refractivity contribution < 1.29 is 9.09 Å². The van der Waals surface area contributed by atoms with Crippen molar-refractivity contribution in [1.29, 1.82) is 0 Å². The lowest BCUT2D eigenvalue weighted by atomic mass is 10.3. The van der Waals surface area contributed by atoms with Crippen molar-refractivity contribution in [1.82, 2.24) is 0 Å². The Labute approximate surface area is 128 Å². The van der Waals surface area contributed by atoms with Crippen LogP contribution in [-0.2, 0) is 4.57 Å². The summed E-state index contributed by atoms with van der Waals surface area (Å²) in [4.78, 5) is 0. The van der Waals surface area contributed by atoms with Gasteiger partial charge in [0.25, 0.3) is 7.37 Å². The van der Waals surface area contributed by atoms with Crippen LogP contribution < -0.4 is 4.52 Å². The summed E-state index contributed by atoms with van der Waals surface area (Å²) < 4.78 is 19.4. The van der Waals surface area contributed by atoms with Crippen LogP contribution in [0, 0.1) is 0 Å². The van der Waals surface area contributed by atoms with Crippen molar-refractivity contribution in [2.75, 3.05) is 0 Å². The van der Waals surface area contributed by atoms with E-state index >= 15 is 0 Å². The van der Waals surface area contributed by atoms with Gasteiger partial charge in [-0.25, -0.2) is 0 Å². The molecule has 4 heteroatoms. The standard InChI is InChI=1S/C16H26ClO2P/c1-5-9-13(3)20(18,14(4)10-6-2)19-16-12-8-7-11-15(16)17/h7-8,11-14H,5-6,9-10H2,1-4H3. The van der Waals surface area contributed by atoms with E-state index in [-0.39, 0.29) is 11.3 Å². The normalized spacial score (nSPS) is 17.2. The van der Waals surface area contributed by atoms with Gasteiger partial charge < -0.3 is 4.52 Å². The molecule has 1 aromatic carbocycles.